The monoisotopic (exact) mass is 303 g/mol. The van der Waals surface area contributed by atoms with E-state index in [1.807, 2.05) is 13.8 Å². The van der Waals surface area contributed by atoms with Gasteiger partial charge >= 0.3 is 12.1 Å². The predicted octanol–water partition coefficient (Wildman–Crippen LogP) is 2.24. The number of amides is 1. The molecule has 1 amide bonds. The smallest absolute Gasteiger partial charge is 0.407 e. The molecule has 0 rings (SSSR count). The Morgan fingerprint density at radius 2 is 1.81 bits per heavy atom. The van der Waals surface area contributed by atoms with Gasteiger partial charge < -0.3 is 19.9 Å². The topological polar surface area (TPSA) is 84.9 Å². The molecular weight excluding hydrogens is 274 g/mol. The normalized spacial score (nSPS) is 14.5. The second-order valence-corrected chi connectivity index (χ2v) is 6.46. The number of nitrogens with one attached hydrogen (secondary N) is 1. The van der Waals surface area contributed by atoms with Crippen molar-refractivity contribution in [2.45, 2.75) is 72.1 Å². The van der Waals surface area contributed by atoms with Crippen LogP contribution in [0.3, 0.4) is 0 Å². The summed E-state index contributed by atoms with van der Waals surface area (Å²) < 4.78 is 9.99. The minimum Gasteiger partial charge on any atom is -0.466 e. The first-order valence-electron chi connectivity index (χ1n) is 7.38. The highest BCUT2D eigenvalue weighted by molar-refractivity contribution is 5.71. The molecule has 0 heterocycles. The second kappa shape index (κ2) is 8.87. The fourth-order valence-electron chi connectivity index (χ4n) is 1.81. The molecule has 2 N–H and O–H groups in total. The summed E-state index contributed by atoms with van der Waals surface area (Å²) in [5, 5.41) is 12.8. The van der Waals surface area contributed by atoms with E-state index in [1.165, 1.54) is 0 Å². The summed E-state index contributed by atoms with van der Waals surface area (Å²) in [6, 6.07) is -0.552. The largest absolute Gasteiger partial charge is 0.466 e. The molecule has 0 bridgehead atoms. The quantitative estimate of drug-likeness (QED) is 0.705. The van der Waals surface area contributed by atoms with Gasteiger partial charge in [-0.2, -0.15) is 0 Å². The maximum atomic E-state index is 11.8. The summed E-state index contributed by atoms with van der Waals surface area (Å²) in [6.45, 7) is 11.2. The lowest BCUT2D eigenvalue weighted by atomic mass is 9.97. The van der Waals surface area contributed by atoms with Gasteiger partial charge in [0.1, 0.15) is 5.60 Å². The first-order valence-corrected chi connectivity index (χ1v) is 7.38. The molecule has 0 radical (unpaired) electrons. The molecule has 0 saturated heterocycles. The van der Waals surface area contributed by atoms with Gasteiger partial charge in [0.25, 0.3) is 0 Å². The zero-order chi connectivity index (χ0) is 16.6. The summed E-state index contributed by atoms with van der Waals surface area (Å²) in [5.74, 6) is -0.230. The number of carbonyl (C=O) groups excluding carboxylic acids is 2. The number of carbonyl (C=O) groups is 2. The lowest BCUT2D eigenvalue weighted by Gasteiger charge is -2.27. The molecule has 0 saturated carbocycles. The molecule has 0 fully saturated rings. The molecule has 124 valence electrons. The van der Waals surface area contributed by atoms with Crippen molar-refractivity contribution in [2.24, 2.45) is 5.92 Å². The molecule has 21 heavy (non-hydrogen) atoms. The van der Waals surface area contributed by atoms with Gasteiger partial charge in [-0.1, -0.05) is 13.8 Å². The van der Waals surface area contributed by atoms with Crippen LogP contribution in [0.25, 0.3) is 0 Å². The summed E-state index contributed by atoms with van der Waals surface area (Å²) in [7, 11) is 0. The number of aliphatic hydroxyl groups is 1. The number of alkyl carbamates (subject to hydrolysis) is 1. The average molecular weight is 303 g/mol. The van der Waals surface area contributed by atoms with E-state index in [9.17, 15) is 14.7 Å². The third kappa shape index (κ3) is 10.1. The number of rotatable bonds is 7. The van der Waals surface area contributed by atoms with Crippen LogP contribution in [-0.2, 0) is 14.3 Å². The van der Waals surface area contributed by atoms with Crippen LogP contribution in [0.1, 0.15) is 54.4 Å². The number of hydrogen-bond acceptors (Lipinski definition) is 5. The number of hydrogen-bond donors (Lipinski definition) is 2. The lowest BCUT2D eigenvalue weighted by Crippen LogP contribution is -2.46. The molecule has 0 aromatic heterocycles. The Morgan fingerprint density at radius 1 is 1.24 bits per heavy atom. The van der Waals surface area contributed by atoms with E-state index >= 15 is 0 Å². The second-order valence-electron chi connectivity index (χ2n) is 6.46. The van der Waals surface area contributed by atoms with Gasteiger partial charge in [-0.3, -0.25) is 4.79 Å². The molecule has 0 aromatic rings. The van der Waals surface area contributed by atoms with Crippen molar-refractivity contribution in [1.82, 2.24) is 5.32 Å². The summed E-state index contributed by atoms with van der Waals surface area (Å²) in [6.07, 6.45) is -1.21. The van der Waals surface area contributed by atoms with Gasteiger partial charge in [0.2, 0.25) is 0 Å². The van der Waals surface area contributed by atoms with Crippen molar-refractivity contribution in [3.8, 4) is 0 Å². The van der Waals surface area contributed by atoms with E-state index < -0.39 is 29.8 Å². The van der Waals surface area contributed by atoms with Crippen molar-refractivity contribution >= 4 is 12.1 Å². The van der Waals surface area contributed by atoms with Crippen molar-refractivity contribution in [3.05, 3.63) is 0 Å². The summed E-state index contributed by atoms with van der Waals surface area (Å²) >= 11 is 0. The Balaban J connectivity index is 4.63. The first kappa shape index (κ1) is 19.7. The van der Waals surface area contributed by atoms with Gasteiger partial charge in [0.05, 0.1) is 25.2 Å². The minimum atomic E-state index is -1.00. The Labute approximate surface area is 127 Å². The highest BCUT2D eigenvalue weighted by Gasteiger charge is 2.27. The van der Waals surface area contributed by atoms with E-state index in [4.69, 9.17) is 9.47 Å². The third-order valence-corrected chi connectivity index (χ3v) is 2.57. The molecule has 0 unspecified atom stereocenters. The fraction of sp³-hybridized carbons (Fsp3) is 0.867. The van der Waals surface area contributed by atoms with Crippen LogP contribution in [0.2, 0.25) is 0 Å². The van der Waals surface area contributed by atoms with Crippen molar-refractivity contribution < 1.29 is 24.2 Å². The average Bonchev–Trinajstić information content (AvgIpc) is 2.24. The van der Waals surface area contributed by atoms with Crippen molar-refractivity contribution in [1.29, 1.82) is 0 Å². The van der Waals surface area contributed by atoms with Crippen LogP contribution in [0.4, 0.5) is 4.79 Å². The van der Waals surface area contributed by atoms with E-state index in [1.54, 1.807) is 27.7 Å². The fourth-order valence-corrected chi connectivity index (χ4v) is 1.81. The van der Waals surface area contributed by atoms with Gasteiger partial charge in [0, 0.05) is 0 Å². The Bertz CT molecular complexity index is 335. The highest BCUT2D eigenvalue weighted by atomic mass is 16.6. The van der Waals surface area contributed by atoms with Gasteiger partial charge in [-0.05, 0) is 40.0 Å². The summed E-state index contributed by atoms with van der Waals surface area (Å²) in [4.78, 5) is 23.2. The molecule has 0 aliphatic carbocycles. The van der Waals surface area contributed by atoms with Crippen LogP contribution < -0.4 is 5.32 Å². The summed E-state index contributed by atoms with van der Waals surface area (Å²) in [5.41, 5.74) is -0.613. The minimum absolute atomic E-state index is 0.152. The van der Waals surface area contributed by atoms with Gasteiger partial charge in [0.15, 0.2) is 0 Å². The number of aliphatic hydroxyl groups excluding tert-OH is 1. The first-order chi connectivity index (χ1) is 9.55. The highest BCUT2D eigenvalue weighted by Crippen LogP contribution is 2.13. The van der Waals surface area contributed by atoms with E-state index in [0.717, 1.165) is 0 Å². The van der Waals surface area contributed by atoms with E-state index in [2.05, 4.69) is 5.32 Å². The Morgan fingerprint density at radius 3 is 2.24 bits per heavy atom. The maximum Gasteiger partial charge on any atom is 0.407 e. The third-order valence-electron chi connectivity index (χ3n) is 2.57. The van der Waals surface area contributed by atoms with Crippen LogP contribution >= 0.6 is 0 Å². The van der Waals surface area contributed by atoms with Crippen LogP contribution in [-0.4, -0.2) is 41.5 Å². The Kier molecular flexibility index (Phi) is 8.32. The predicted molar refractivity (Wildman–Crippen MR) is 79.9 cm³/mol. The maximum absolute atomic E-state index is 11.8. The molecule has 6 nitrogen and oxygen atoms in total. The molecule has 0 aliphatic heterocycles. The van der Waals surface area contributed by atoms with Gasteiger partial charge in [-0.25, -0.2) is 4.79 Å². The standard InChI is InChI=1S/C15H29NO5/c1-7-20-13(18)9-12(17)11(8-10(2)3)16-14(19)21-15(4,5)6/h10-12,17H,7-9H2,1-6H3,(H,16,19)/t11-,12-/m0/s1. The lowest BCUT2D eigenvalue weighted by molar-refractivity contribution is -0.145. The van der Waals surface area contributed by atoms with Crippen LogP contribution in [0, 0.1) is 5.92 Å². The van der Waals surface area contributed by atoms with Crippen molar-refractivity contribution in [3.63, 3.8) is 0 Å². The zero-order valence-electron chi connectivity index (χ0n) is 13.9. The molecule has 0 spiro atoms. The molecule has 6 heteroatoms. The van der Waals surface area contributed by atoms with Crippen LogP contribution in [0.15, 0.2) is 0 Å². The van der Waals surface area contributed by atoms with Gasteiger partial charge in [-0.15, -0.1) is 0 Å². The Hall–Kier alpha value is -1.30. The SMILES string of the molecule is CCOC(=O)C[C@H](O)[C@H](CC(C)C)NC(=O)OC(C)(C)C. The molecule has 0 aliphatic rings. The number of ether oxygens (including phenoxy) is 2. The van der Waals surface area contributed by atoms with E-state index in [0.29, 0.717) is 6.42 Å². The molecule has 2 atom stereocenters. The molecular formula is C15H29NO5. The van der Waals surface area contributed by atoms with Crippen molar-refractivity contribution in [2.75, 3.05) is 6.61 Å². The van der Waals surface area contributed by atoms with E-state index in [-0.39, 0.29) is 18.9 Å². The zero-order valence-corrected chi connectivity index (χ0v) is 13.9. The number of esters is 1. The van der Waals surface area contributed by atoms with Crippen LogP contribution in [0.5, 0.6) is 0 Å². The molecule has 0 aromatic carbocycles.